The summed E-state index contributed by atoms with van der Waals surface area (Å²) < 4.78 is 6.13. The average molecular weight is 305 g/mol. The number of hydrogen-bond acceptors (Lipinski definition) is 3. The molecule has 2 unspecified atom stereocenters. The largest absolute Gasteiger partial charge is 0.489 e. The molecule has 110 valence electrons. The van der Waals surface area contributed by atoms with Gasteiger partial charge in [-0.15, -0.1) is 0 Å². The molecule has 0 aliphatic carbocycles. The standard InChI is InChI=1S/C16H17ClN2O2/c17-14-8-13-9(3-4-18-16(13)20)5-15(14)21-12-6-10-1-2-11(7-12)19-10/h3-5,8,10-12,19H,1-2,6-7H2,(H,18,20). The molecule has 4 rings (SSSR count). The number of fused-ring (bicyclic) bond motifs is 3. The van der Waals surface area contributed by atoms with Crippen molar-refractivity contribution in [1.82, 2.24) is 10.3 Å². The molecule has 2 aromatic rings. The van der Waals surface area contributed by atoms with Gasteiger partial charge in [0.2, 0.25) is 0 Å². The van der Waals surface area contributed by atoms with Gasteiger partial charge in [-0.1, -0.05) is 11.6 Å². The van der Waals surface area contributed by atoms with E-state index in [0.29, 0.717) is 28.2 Å². The van der Waals surface area contributed by atoms with Gasteiger partial charge in [0, 0.05) is 23.7 Å². The predicted molar refractivity (Wildman–Crippen MR) is 83.2 cm³/mol. The molecule has 2 aliphatic rings. The van der Waals surface area contributed by atoms with Crippen LogP contribution in [0.1, 0.15) is 25.7 Å². The summed E-state index contributed by atoms with van der Waals surface area (Å²) >= 11 is 6.29. The van der Waals surface area contributed by atoms with Gasteiger partial charge in [0.05, 0.1) is 5.02 Å². The van der Waals surface area contributed by atoms with Crippen LogP contribution in [0, 0.1) is 0 Å². The molecule has 0 radical (unpaired) electrons. The molecule has 4 nitrogen and oxygen atoms in total. The zero-order valence-electron chi connectivity index (χ0n) is 11.6. The highest BCUT2D eigenvalue weighted by atomic mass is 35.5. The highest BCUT2D eigenvalue weighted by Gasteiger charge is 2.34. The molecule has 0 saturated carbocycles. The van der Waals surface area contributed by atoms with Crippen LogP contribution < -0.4 is 15.6 Å². The molecule has 1 aromatic heterocycles. The third kappa shape index (κ3) is 2.43. The van der Waals surface area contributed by atoms with E-state index in [1.165, 1.54) is 12.8 Å². The zero-order chi connectivity index (χ0) is 14.4. The number of nitrogens with one attached hydrogen (secondary N) is 2. The number of rotatable bonds is 2. The van der Waals surface area contributed by atoms with Crippen molar-refractivity contribution in [3.63, 3.8) is 0 Å². The maximum atomic E-state index is 11.8. The second-order valence-electron chi connectivity index (χ2n) is 6.03. The maximum Gasteiger partial charge on any atom is 0.255 e. The van der Waals surface area contributed by atoms with E-state index in [9.17, 15) is 4.79 Å². The highest BCUT2D eigenvalue weighted by Crippen LogP contribution is 2.34. The maximum absolute atomic E-state index is 11.8. The van der Waals surface area contributed by atoms with Gasteiger partial charge >= 0.3 is 0 Å². The third-order valence-corrected chi connectivity index (χ3v) is 4.84. The quantitative estimate of drug-likeness (QED) is 0.897. The molecule has 2 N–H and O–H groups in total. The van der Waals surface area contributed by atoms with Crippen LogP contribution in [0.15, 0.2) is 29.2 Å². The number of hydrogen-bond donors (Lipinski definition) is 2. The first-order chi connectivity index (χ1) is 10.2. The van der Waals surface area contributed by atoms with Crippen LogP contribution in [0.5, 0.6) is 5.75 Å². The van der Waals surface area contributed by atoms with Gasteiger partial charge in [0.25, 0.3) is 5.56 Å². The first kappa shape index (κ1) is 13.2. The van der Waals surface area contributed by atoms with Crippen LogP contribution in [0.4, 0.5) is 0 Å². The lowest BCUT2D eigenvalue weighted by atomic mass is 10.0. The molecule has 21 heavy (non-hydrogen) atoms. The Balaban J connectivity index is 1.64. The van der Waals surface area contributed by atoms with Crippen molar-refractivity contribution in [2.45, 2.75) is 43.9 Å². The van der Waals surface area contributed by atoms with Crippen molar-refractivity contribution in [1.29, 1.82) is 0 Å². The lowest BCUT2D eigenvalue weighted by Crippen LogP contribution is -2.42. The third-order valence-electron chi connectivity index (χ3n) is 4.55. The van der Waals surface area contributed by atoms with Gasteiger partial charge in [-0.25, -0.2) is 0 Å². The molecule has 5 heteroatoms. The van der Waals surface area contributed by atoms with Crippen molar-refractivity contribution in [2.24, 2.45) is 0 Å². The molecule has 2 bridgehead atoms. The number of piperidine rings is 1. The lowest BCUT2D eigenvalue weighted by Gasteiger charge is -2.29. The fraction of sp³-hybridized carbons (Fsp3) is 0.438. The number of benzene rings is 1. The van der Waals surface area contributed by atoms with Crippen molar-refractivity contribution in [3.8, 4) is 5.75 Å². The second kappa shape index (κ2) is 5.04. The first-order valence-corrected chi connectivity index (χ1v) is 7.80. The van der Waals surface area contributed by atoms with E-state index in [1.807, 2.05) is 12.1 Å². The number of pyridine rings is 1. The minimum Gasteiger partial charge on any atom is -0.489 e. The predicted octanol–water partition coefficient (Wildman–Crippen LogP) is 2.84. The Labute approximate surface area is 127 Å². The molecule has 0 spiro atoms. The van der Waals surface area contributed by atoms with Crippen LogP contribution >= 0.6 is 11.6 Å². The Morgan fingerprint density at radius 2 is 1.95 bits per heavy atom. The van der Waals surface area contributed by atoms with Crippen LogP contribution in [0.2, 0.25) is 5.02 Å². The number of H-pyrrole nitrogens is 1. The van der Waals surface area contributed by atoms with Crippen molar-refractivity contribution >= 4 is 22.4 Å². The molecule has 2 saturated heterocycles. The van der Waals surface area contributed by atoms with E-state index >= 15 is 0 Å². The van der Waals surface area contributed by atoms with Crippen LogP contribution in [-0.4, -0.2) is 23.2 Å². The summed E-state index contributed by atoms with van der Waals surface area (Å²) in [5.74, 6) is 0.682. The minimum atomic E-state index is -0.124. The van der Waals surface area contributed by atoms with Crippen LogP contribution in [-0.2, 0) is 0 Å². The molecule has 0 amide bonds. The van der Waals surface area contributed by atoms with Crippen molar-refractivity contribution in [2.75, 3.05) is 0 Å². The van der Waals surface area contributed by atoms with Gasteiger partial charge in [0.15, 0.2) is 0 Å². The van der Waals surface area contributed by atoms with Crippen LogP contribution in [0.3, 0.4) is 0 Å². The van der Waals surface area contributed by atoms with Gasteiger partial charge in [-0.05, 0) is 49.3 Å². The zero-order valence-corrected chi connectivity index (χ0v) is 12.3. The smallest absolute Gasteiger partial charge is 0.255 e. The van der Waals surface area contributed by atoms with E-state index in [1.54, 1.807) is 12.3 Å². The van der Waals surface area contributed by atoms with Gasteiger partial charge in [-0.3, -0.25) is 4.79 Å². The SMILES string of the molecule is O=c1[nH]ccc2cc(OC3CC4CCC(C3)N4)c(Cl)cc12. The highest BCUT2D eigenvalue weighted by molar-refractivity contribution is 6.32. The number of halogens is 1. The molecular weight excluding hydrogens is 288 g/mol. The average Bonchev–Trinajstić information content (AvgIpc) is 2.80. The summed E-state index contributed by atoms with van der Waals surface area (Å²) in [4.78, 5) is 14.4. The molecular formula is C16H17ClN2O2. The van der Waals surface area contributed by atoms with E-state index in [0.717, 1.165) is 18.2 Å². The fourth-order valence-electron chi connectivity index (χ4n) is 3.56. The summed E-state index contributed by atoms with van der Waals surface area (Å²) in [6.45, 7) is 0. The summed E-state index contributed by atoms with van der Waals surface area (Å²) in [6, 6.07) is 6.59. The Bertz CT molecular complexity index is 731. The molecule has 2 atom stereocenters. The Kier molecular flexibility index (Phi) is 3.16. The van der Waals surface area contributed by atoms with Crippen LogP contribution in [0.25, 0.3) is 10.8 Å². The van der Waals surface area contributed by atoms with E-state index in [2.05, 4.69) is 10.3 Å². The van der Waals surface area contributed by atoms with E-state index in [4.69, 9.17) is 16.3 Å². The summed E-state index contributed by atoms with van der Waals surface area (Å²) in [5.41, 5.74) is -0.124. The van der Waals surface area contributed by atoms with Gasteiger partial charge in [-0.2, -0.15) is 0 Å². The lowest BCUT2D eigenvalue weighted by molar-refractivity contribution is 0.137. The summed E-state index contributed by atoms with van der Waals surface area (Å²) in [5, 5.41) is 5.56. The fourth-order valence-corrected chi connectivity index (χ4v) is 3.77. The second-order valence-corrected chi connectivity index (χ2v) is 6.43. The molecule has 3 heterocycles. The number of ether oxygens (including phenoxy) is 1. The molecule has 1 aromatic carbocycles. The summed E-state index contributed by atoms with van der Waals surface area (Å²) in [7, 11) is 0. The van der Waals surface area contributed by atoms with Gasteiger partial charge in [0.1, 0.15) is 11.9 Å². The molecule has 2 fully saturated rings. The molecule has 2 aliphatic heterocycles. The van der Waals surface area contributed by atoms with Gasteiger partial charge < -0.3 is 15.0 Å². The van der Waals surface area contributed by atoms with Crippen molar-refractivity contribution in [3.05, 3.63) is 39.8 Å². The first-order valence-electron chi connectivity index (χ1n) is 7.43. The van der Waals surface area contributed by atoms with Crippen molar-refractivity contribution < 1.29 is 4.74 Å². The minimum absolute atomic E-state index is 0.124. The Morgan fingerprint density at radius 3 is 2.71 bits per heavy atom. The Morgan fingerprint density at radius 1 is 1.19 bits per heavy atom. The number of aromatic nitrogens is 1. The van der Waals surface area contributed by atoms with E-state index < -0.39 is 0 Å². The van der Waals surface area contributed by atoms with E-state index in [-0.39, 0.29) is 11.7 Å². The summed E-state index contributed by atoms with van der Waals surface area (Å²) in [6.07, 6.45) is 6.39. The normalized spacial score (nSPS) is 28.0. The monoisotopic (exact) mass is 304 g/mol. The Hall–Kier alpha value is -1.52. The number of aromatic amines is 1. The topological polar surface area (TPSA) is 54.1 Å².